The van der Waals surface area contributed by atoms with Gasteiger partial charge >= 0.3 is 5.97 Å². The van der Waals surface area contributed by atoms with Gasteiger partial charge < -0.3 is 14.8 Å². The molecule has 0 bridgehead atoms. The number of aromatic nitrogens is 1. The first-order valence-electron chi connectivity index (χ1n) is 6.67. The van der Waals surface area contributed by atoms with Gasteiger partial charge in [-0.05, 0) is 32.6 Å². The Labute approximate surface area is 117 Å². The van der Waals surface area contributed by atoms with Crippen molar-refractivity contribution in [2.24, 2.45) is 5.92 Å². The lowest BCUT2D eigenvalue weighted by Crippen LogP contribution is -2.22. The van der Waals surface area contributed by atoms with E-state index in [1.165, 1.54) is 11.3 Å². The van der Waals surface area contributed by atoms with Crippen molar-refractivity contribution in [1.82, 2.24) is 4.98 Å². The summed E-state index contributed by atoms with van der Waals surface area (Å²) >= 11 is 1.50. The molecule has 106 valence electrons. The van der Waals surface area contributed by atoms with Gasteiger partial charge in [-0.2, -0.15) is 0 Å². The summed E-state index contributed by atoms with van der Waals surface area (Å²) in [7, 11) is 0. The van der Waals surface area contributed by atoms with Crippen LogP contribution in [0.3, 0.4) is 0 Å². The lowest BCUT2D eigenvalue weighted by Gasteiger charge is -2.21. The van der Waals surface area contributed by atoms with Crippen LogP contribution in [0.4, 0.5) is 5.13 Å². The normalized spacial score (nSPS) is 16.3. The molecule has 1 saturated heterocycles. The molecule has 0 radical (unpaired) electrons. The van der Waals surface area contributed by atoms with E-state index >= 15 is 0 Å². The monoisotopic (exact) mass is 284 g/mol. The highest BCUT2D eigenvalue weighted by Crippen LogP contribution is 2.24. The maximum absolute atomic E-state index is 11.7. The molecule has 1 aliphatic rings. The maximum atomic E-state index is 11.7. The average Bonchev–Trinajstić information content (AvgIpc) is 2.79. The van der Waals surface area contributed by atoms with Gasteiger partial charge in [-0.25, -0.2) is 9.78 Å². The SMILES string of the molecule is CCOC(=O)c1nc(NCC2CCOCC2)sc1C. The van der Waals surface area contributed by atoms with E-state index in [2.05, 4.69) is 10.3 Å². The number of nitrogens with zero attached hydrogens (tertiary/aromatic N) is 1. The van der Waals surface area contributed by atoms with Crippen molar-refractivity contribution >= 4 is 22.4 Å². The van der Waals surface area contributed by atoms with Crippen molar-refractivity contribution in [2.45, 2.75) is 26.7 Å². The number of esters is 1. The molecule has 0 aromatic carbocycles. The third-order valence-corrected chi connectivity index (χ3v) is 4.08. The Morgan fingerprint density at radius 2 is 2.26 bits per heavy atom. The van der Waals surface area contributed by atoms with Gasteiger partial charge in [0.25, 0.3) is 0 Å². The summed E-state index contributed by atoms with van der Waals surface area (Å²) in [6.45, 7) is 6.64. The van der Waals surface area contributed by atoms with E-state index in [9.17, 15) is 4.79 Å². The van der Waals surface area contributed by atoms with Gasteiger partial charge in [-0.1, -0.05) is 0 Å². The number of hydrogen-bond acceptors (Lipinski definition) is 6. The second-order valence-electron chi connectivity index (χ2n) is 4.58. The van der Waals surface area contributed by atoms with E-state index in [1.807, 2.05) is 6.92 Å². The lowest BCUT2D eigenvalue weighted by atomic mass is 10.0. The summed E-state index contributed by atoms with van der Waals surface area (Å²) in [6, 6.07) is 0. The predicted molar refractivity (Wildman–Crippen MR) is 74.8 cm³/mol. The van der Waals surface area contributed by atoms with Crippen molar-refractivity contribution in [3.63, 3.8) is 0 Å². The fourth-order valence-electron chi connectivity index (χ4n) is 2.04. The van der Waals surface area contributed by atoms with Gasteiger partial charge in [-0.15, -0.1) is 11.3 Å². The number of carbonyl (C=O) groups is 1. The minimum absolute atomic E-state index is 0.338. The first-order valence-corrected chi connectivity index (χ1v) is 7.48. The van der Waals surface area contributed by atoms with Gasteiger partial charge in [0, 0.05) is 24.6 Å². The standard InChI is InChI=1S/C13H20N2O3S/c1-3-18-12(16)11-9(2)19-13(15-11)14-8-10-4-6-17-7-5-10/h10H,3-8H2,1-2H3,(H,14,15). The Morgan fingerprint density at radius 3 is 2.95 bits per heavy atom. The average molecular weight is 284 g/mol. The molecule has 5 nitrogen and oxygen atoms in total. The van der Waals surface area contributed by atoms with E-state index in [0.717, 1.165) is 42.6 Å². The number of ether oxygens (including phenoxy) is 2. The molecule has 6 heteroatoms. The number of rotatable bonds is 5. The summed E-state index contributed by atoms with van der Waals surface area (Å²) in [5, 5.41) is 4.11. The summed E-state index contributed by atoms with van der Waals surface area (Å²) in [4.78, 5) is 16.9. The van der Waals surface area contributed by atoms with Crippen molar-refractivity contribution < 1.29 is 14.3 Å². The Kier molecular flexibility index (Phi) is 5.15. The molecule has 1 aromatic heterocycles. The molecule has 2 heterocycles. The third-order valence-electron chi connectivity index (χ3n) is 3.15. The molecule has 0 amide bonds. The van der Waals surface area contributed by atoms with E-state index in [4.69, 9.17) is 9.47 Å². The number of carbonyl (C=O) groups excluding carboxylic acids is 1. The highest BCUT2D eigenvalue weighted by Gasteiger charge is 2.18. The zero-order valence-electron chi connectivity index (χ0n) is 11.4. The second kappa shape index (κ2) is 6.86. The molecular weight excluding hydrogens is 264 g/mol. The molecule has 19 heavy (non-hydrogen) atoms. The number of nitrogens with one attached hydrogen (secondary N) is 1. The van der Waals surface area contributed by atoms with Crippen molar-refractivity contribution in [1.29, 1.82) is 0 Å². The Balaban J connectivity index is 1.90. The summed E-state index contributed by atoms with van der Waals surface area (Å²) in [5.74, 6) is 0.291. The van der Waals surface area contributed by atoms with E-state index in [1.54, 1.807) is 6.92 Å². The number of anilines is 1. The second-order valence-corrected chi connectivity index (χ2v) is 5.78. The largest absolute Gasteiger partial charge is 0.461 e. The first-order chi connectivity index (χ1) is 9.20. The van der Waals surface area contributed by atoms with Crippen molar-refractivity contribution in [2.75, 3.05) is 31.7 Å². The molecule has 0 spiro atoms. The molecule has 0 aliphatic carbocycles. The van der Waals surface area contributed by atoms with E-state index in [0.29, 0.717) is 18.2 Å². The highest BCUT2D eigenvalue weighted by atomic mass is 32.1. The topological polar surface area (TPSA) is 60.5 Å². The first kappa shape index (κ1) is 14.3. The van der Waals surface area contributed by atoms with E-state index < -0.39 is 0 Å². The molecule has 1 fully saturated rings. The molecule has 0 saturated carbocycles. The van der Waals surface area contributed by atoms with Crippen LogP contribution in [-0.2, 0) is 9.47 Å². The summed E-state index contributed by atoms with van der Waals surface area (Å²) < 4.78 is 10.3. The zero-order valence-corrected chi connectivity index (χ0v) is 12.2. The lowest BCUT2D eigenvalue weighted by molar-refractivity contribution is 0.0519. The number of thiazole rings is 1. The van der Waals surface area contributed by atoms with Crippen LogP contribution in [0.5, 0.6) is 0 Å². The van der Waals surface area contributed by atoms with Gasteiger partial charge in [0.15, 0.2) is 10.8 Å². The van der Waals surface area contributed by atoms with Crippen molar-refractivity contribution in [3.8, 4) is 0 Å². The van der Waals surface area contributed by atoms with Crippen LogP contribution in [0.1, 0.15) is 35.1 Å². The number of aryl methyl sites for hydroxylation is 1. The van der Waals surface area contributed by atoms with E-state index in [-0.39, 0.29) is 5.97 Å². The van der Waals surface area contributed by atoms with Crippen LogP contribution < -0.4 is 5.32 Å². The predicted octanol–water partition coefficient (Wildman–Crippen LogP) is 2.47. The molecule has 2 rings (SSSR count). The fraction of sp³-hybridized carbons (Fsp3) is 0.692. The quantitative estimate of drug-likeness (QED) is 0.842. The van der Waals surface area contributed by atoms with Gasteiger partial charge in [0.2, 0.25) is 0 Å². The Morgan fingerprint density at radius 1 is 1.53 bits per heavy atom. The molecule has 1 aromatic rings. The number of hydrogen-bond donors (Lipinski definition) is 1. The molecule has 0 atom stereocenters. The van der Waals surface area contributed by atoms with Gasteiger partial charge in [-0.3, -0.25) is 0 Å². The molecule has 1 aliphatic heterocycles. The Hall–Kier alpha value is -1.14. The zero-order chi connectivity index (χ0) is 13.7. The molecular formula is C13H20N2O3S. The highest BCUT2D eigenvalue weighted by molar-refractivity contribution is 7.15. The third kappa shape index (κ3) is 3.91. The van der Waals surface area contributed by atoms with Crippen LogP contribution in [0.2, 0.25) is 0 Å². The van der Waals surface area contributed by atoms with Crippen LogP contribution in [-0.4, -0.2) is 37.3 Å². The smallest absolute Gasteiger partial charge is 0.358 e. The van der Waals surface area contributed by atoms with Crippen molar-refractivity contribution in [3.05, 3.63) is 10.6 Å². The summed E-state index contributed by atoms with van der Waals surface area (Å²) in [6.07, 6.45) is 2.17. The fourth-order valence-corrected chi connectivity index (χ4v) is 2.85. The van der Waals surface area contributed by atoms with Crippen LogP contribution in [0, 0.1) is 12.8 Å². The van der Waals surface area contributed by atoms with Gasteiger partial charge in [0.05, 0.1) is 6.61 Å². The maximum Gasteiger partial charge on any atom is 0.358 e. The molecule has 0 unspecified atom stereocenters. The Bertz CT molecular complexity index is 428. The minimum atomic E-state index is -0.338. The molecule has 1 N–H and O–H groups in total. The summed E-state index contributed by atoms with van der Waals surface area (Å²) in [5.41, 5.74) is 0.432. The van der Waals surface area contributed by atoms with Crippen LogP contribution in [0.25, 0.3) is 0 Å². The van der Waals surface area contributed by atoms with Crippen LogP contribution >= 0.6 is 11.3 Å². The minimum Gasteiger partial charge on any atom is -0.461 e. The van der Waals surface area contributed by atoms with Crippen LogP contribution in [0.15, 0.2) is 0 Å². The van der Waals surface area contributed by atoms with Gasteiger partial charge in [0.1, 0.15) is 0 Å².